The van der Waals surface area contributed by atoms with Gasteiger partial charge in [0.25, 0.3) is 5.69 Å². The van der Waals surface area contributed by atoms with Crippen LogP contribution in [-0.2, 0) is 5.88 Å². The highest BCUT2D eigenvalue weighted by molar-refractivity contribution is 7.10. The molecule has 88 valence electrons. The molecule has 0 aliphatic heterocycles. The van der Waals surface area contributed by atoms with Gasteiger partial charge in [0.15, 0.2) is 0 Å². The molecule has 1 heterocycles. The minimum absolute atomic E-state index is 0.114. The molecule has 2 aromatic rings. The number of alkyl halides is 1. The van der Waals surface area contributed by atoms with E-state index in [9.17, 15) is 10.1 Å². The molecule has 6 heteroatoms. The van der Waals surface area contributed by atoms with Crippen molar-refractivity contribution in [3.63, 3.8) is 0 Å². The number of rotatable bonds is 3. The Morgan fingerprint density at radius 1 is 1.53 bits per heavy atom. The van der Waals surface area contributed by atoms with E-state index in [0.29, 0.717) is 11.4 Å². The Labute approximate surface area is 107 Å². The van der Waals surface area contributed by atoms with Crippen molar-refractivity contribution in [3.05, 3.63) is 44.3 Å². The van der Waals surface area contributed by atoms with Gasteiger partial charge in [0.2, 0.25) is 0 Å². The van der Waals surface area contributed by atoms with E-state index in [2.05, 4.69) is 4.98 Å². The summed E-state index contributed by atoms with van der Waals surface area (Å²) in [5.41, 5.74) is 2.23. The summed E-state index contributed by atoms with van der Waals surface area (Å²) in [6, 6.07) is 5.10. The van der Waals surface area contributed by atoms with Crippen LogP contribution < -0.4 is 0 Å². The highest BCUT2D eigenvalue weighted by atomic mass is 35.5. The number of hydrogen-bond acceptors (Lipinski definition) is 4. The van der Waals surface area contributed by atoms with Crippen molar-refractivity contribution in [1.82, 2.24) is 4.98 Å². The highest BCUT2D eigenvalue weighted by Crippen LogP contribution is 2.28. The highest BCUT2D eigenvalue weighted by Gasteiger charge is 2.13. The van der Waals surface area contributed by atoms with E-state index in [1.54, 1.807) is 19.1 Å². The number of halogens is 1. The zero-order chi connectivity index (χ0) is 12.4. The Morgan fingerprint density at radius 3 is 2.88 bits per heavy atom. The molecule has 0 radical (unpaired) electrons. The van der Waals surface area contributed by atoms with Crippen LogP contribution in [0, 0.1) is 17.0 Å². The summed E-state index contributed by atoms with van der Waals surface area (Å²) < 4.78 is 0. The summed E-state index contributed by atoms with van der Waals surface area (Å²) in [4.78, 5) is 14.7. The molecule has 0 saturated carbocycles. The van der Waals surface area contributed by atoms with Gasteiger partial charge >= 0.3 is 0 Å². The van der Waals surface area contributed by atoms with Crippen LogP contribution in [0.1, 0.15) is 10.6 Å². The van der Waals surface area contributed by atoms with Crippen LogP contribution in [0.2, 0.25) is 0 Å². The fourth-order valence-corrected chi connectivity index (χ4v) is 2.37. The first-order valence-electron chi connectivity index (χ1n) is 4.87. The number of nitro groups is 1. The molecule has 0 bridgehead atoms. The lowest BCUT2D eigenvalue weighted by atomic mass is 10.1. The quantitative estimate of drug-likeness (QED) is 0.484. The van der Waals surface area contributed by atoms with Crippen molar-refractivity contribution >= 4 is 28.6 Å². The molecule has 4 nitrogen and oxygen atoms in total. The third-order valence-electron chi connectivity index (χ3n) is 2.37. The van der Waals surface area contributed by atoms with E-state index in [0.717, 1.165) is 16.3 Å². The molecule has 0 aliphatic rings. The monoisotopic (exact) mass is 268 g/mol. The van der Waals surface area contributed by atoms with Crippen LogP contribution >= 0.6 is 22.9 Å². The van der Waals surface area contributed by atoms with Gasteiger partial charge in [-0.3, -0.25) is 10.1 Å². The summed E-state index contributed by atoms with van der Waals surface area (Å²) in [6.07, 6.45) is 0. The van der Waals surface area contributed by atoms with Crippen LogP contribution in [0.4, 0.5) is 5.69 Å². The summed E-state index contributed by atoms with van der Waals surface area (Å²) in [6.45, 7) is 1.72. The SMILES string of the molecule is Cc1ccc(-c2csc(CCl)n2)cc1[N+](=O)[O-]. The second-order valence-corrected chi connectivity index (χ2v) is 4.73. The van der Waals surface area contributed by atoms with Gasteiger partial charge in [0, 0.05) is 22.6 Å². The molecule has 1 aromatic heterocycles. The molecule has 0 amide bonds. The molecule has 17 heavy (non-hydrogen) atoms. The number of aryl methyl sites for hydroxylation is 1. The second-order valence-electron chi connectivity index (χ2n) is 3.52. The van der Waals surface area contributed by atoms with Crippen LogP contribution in [0.15, 0.2) is 23.6 Å². The van der Waals surface area contributed by atoms with E-state index in [4.69, 9.17) is 11.6 Å². The predicted octanol–water partition coefficient (Wildman–Crippen LogP) is 3.77. The van der Waals surface area contributed by atoms with Gasteiger partial charge in [-0.1, -0.05) is 12.1 Å². The molecular weight excluding hydrogens is 260 g/mol. The third kappa shape index (κ3) is 2.45. The standard InChI is InChI=1S/C11H9ClN2O2S/c1-7-2-3-8(4-10(7)14(15)16)9-6-17-11(5-12)13-9/h2-4,6H,5H2,1H3. The van der Waals surface area contributed by atoms with Crippen LogP contribution in [0.25, 0.3) is 11.3 Å². The molecule has 0 spiro atoms. The number of benzene rings is 1. The largest absolute Gasteiger partial charge is 0.272 e. The first-order chi connectivity index (χ1) is 8.11. The zero-order valence-electron chi connectivity index (χ0n) is 9.01. The minimum atomic E-state index is -0.381. The molecular formula is C11H9ClN2O2S. The van der Waals surface area contributed by atoms with Crippen molar-refractivity contribution in [2.45, 2.75) is 12.8 Å². The topological polar surface area (TPSA) is 56.0 Å². The molecule has 0 fully saturated rings. The van der Waals surface area contributed by atoms with Crippen molar-refractivity contribution in [2.24, 2.45) is 0 Å². The minimum Gasteiger partial charge on any atom is -0.258 e. The molecule has 2 rings (SSSR count). The van der Waals surface area contributed by atoms with Gasteiger partial charge in [-0.15, -0.1) is 22.9 Å². The second kappa shape index (κ2) is 4.81. The Balaban J connectivity index is 2.46. The van der Waals surface area contributed by atoms with Crippen LogP contribution in [-0.4, -0.2) is 9.91 Å². The average molecular weight is 269 g/mol. The molecule has 0 atom stereocenters. The molecule has 0 N–H and O–H groups in total. The Bertz CT molecular complexity index is 568. The first kappa shape index (κ1) is 12.0. The average Bonchev–Trinajstić information content (AvgIpc) is 2.78. The van der Waals surface area contributed by atoms with Crippen molar-refractivity contribution in [3.8, 4) is 11.3 Å². The van der Waals surface area contributed by atoms with Crippen LogP contribution in [0.3, 0.4) is 0 Å². The summed E-state index contributed by atoms with van der Waals surface area (Å²) in [5.74, 6) is 0.360. The van der Waals surface area contributed by atoms with Crippen LogP contribution in [0.5, 0.6) is 0 Å². The predicted molar refractivity (Wildman–Crippen MR) is 68.5 cm³/mol. The molecule has 0 aliphatic carbocycles. The summed E-state index contributed by atoms with van der Waals surface area (Å²) >= 11 is 7.12. The van der Waals surface area contributed by atoms with Gasteiger partial charge in [0.1, 0.15) is 5.01 Å². The first-order valence-corrected chi connectivity index (χ1v) is 6.29. The molecule has 1 aromatic carbocycles. The third-order valence-corrected chi connectivity index (χ3v) is 3.63. The van der Waals surface area contributed by atoms with E-state index >= 15 is 0 Å². The van der Waals surface area contributed by atoms with Gasteiger partial charge < -0.3 is 0 Å². The lowest BCUT2D eigenvalue weighted by Gasteiger charge is -2.00. The number of hydrogen-bond donors (Lipinski definition) is 0. The fraction of sp³-hybridized carbons (Fsp3) is 0.182. The Morgan fingerprint density at radius 2 is 2.29 bits per heavy atom. The normalized spacial score (nSPS) is 10.5. The number of nitrogens with zero attached hydrogens (tertiary/aromatic N) is 2. The van der Waals surface area contributed by atoms with E-state index in [-0.39, 0.29) is 10.6 Å². The zero-order valence-corrected chi connectivity index (χ0v) is 10.6. The van der Waals surface area contributed by atoms with Gasteiger partial charge in [-0.25, -0.2) is 4.98 Å². The Kier molecular flexibility index (Phi) is 3.40. The van der Waals surface area contributed by atoms with E-state index in [1.165, 1.54) is 11.3 Å². The Hall–Kier alpha value is -1.46. The summed E-state index contributed by atoms with van der Waals surface area (Å²) in [7, 11) is 0. The fourth-order valence-electron chi connectivity index (χ4n) is 1.47. The maximum Gasteiger partial charge on any atom is 0.272 e. The van der Waals surface area contributed by atoms with E-state index in [1.807, 2.05) is 11.4 Å². The lowest BCUT2D eigenvalue weighted by molar-refractivity contribution is -0.385. The smallest absolute Gasteiger partial charge is 0.258 e. The van der Waals surface area contributed by atoms with Crippen molar-refractivity contribution < 1.29 is 4.92 Å². The maximum absolute atomic E-state index is 10.8. The maximum atomic E-state index is 10.8. The molecule has 0 saturated heterocycles. The van der Waals surface area contributed by atoms with Crippen molar-refractivity contribution in [2.75, 3.05) is 0 Å². The summed E-state index contributed by atoms with van der Waals surface area (Å²) in [5, 5.41) is 13.5. The van der Waals surface area contributed by atoms with Gasteiger partial charge in [-0.2, -0.15) is 0 Å². The number of thiazole rings is 1. The van der Waals surface area contributed by atoms with E-state index < -0.39 is 0 Å². The molecule has 0 unspecified atom stereocenters. The van der Waals surface area contributed by atoms with Gasteiger partial charge in [0.05, 0.1) is 16.5 Å². The number of nitro benzene ring substituents is 1. The lowest BCUT2D eigenvalue weighted by Crippen LogP contribution is -1.92. The van der Waals surface area contributed by atoms with Gasteiger partial charge in [-0.05, 0) is 6.92 Å². The number of aromatic nitrogens is 1. The van der Waals surface area contributed by atoms with Crippen molar-refractivity contribution in [1.29, 1.82) is 0 Å².